The van der Waals surface area contributed by atoms with Crippen molar-refractivity contribution in [2.75, 3.05) is 37.5 Å². The van der Waals surface area contributed by atoms with Crippen LogP contribution in [0, 0.1) is 5.92 Å². The number of methoxy groups -OCH3 is 2. The van der Waals surface area contributed by atoms with Crippen LogP contribution in [0.25, 0.3) is 22.3 Å². The summed E-state index contributed by atoms with van der Waals surface area (Å²) in [4.78, 5) is 19.3. The quantitative estimate of drug-likeness (QED) is 0.481. The number of H-pyrrole nitrogens is 1. The molecule has 0 aromatic carbocycles. The lowest BCUT2D eigenvalue weighted by atomic mass is 10.00. The Bertz CT molecular complexity index is 1230. The second kappa shape index (κ2) is 9.69. The highest BCUT2D eigenvalue weighted by molar-refractivity contribution is 5.98. The summed E-state index contributed by atoms with van der Waals surface area (Å²) in [7, 11) is 3.11. The predicted molar refractivity (Wildman–Crippen MR) is 126 cm³/mol. The van der Waals surface area contributed by atoms with Crippen LogP contribution in [0.5, 0.6) is 0 Å². The highest BCUT2D eigenvalue weighted by Crippen LogP contribution is 2.35. The van der Waals surface area contributed by atoms with Crippen molar-refractivity contribution in [1.29, 1.82) is 0 Å². The second-order valence-electron chi connectivity index (χ2n) is 9.29. The molecule has 5 rings (SSSR count). The number of carbonyl (C=O) groups is 1. The third kappa shape index (κ3) is 4.76. The number of ether oxygens (including phenoxy) is 2. The van der Waals surface area contributed by atoms with E-state index in [0.29, 0.717) is 41.4 Å². The highest BCUT2D eigenvalue weighted by atomic mass is 19.4. The molecule has 1 aliphatic heterocycles. The smallest absolute Gasteiger partial charge is 0.378 e. The minimum absolute atomic E-state index is 0.0105. The van der Waals surface area contributed by atoms with Crippen molar-refractivity contribution in [2.24, 2.45) is 5.92 Å². The summed E-state index contributed by atoms with van der Waals surface area (Å²) in [5.41, 5.74) is 1.37. The first-order chi connectivity index (χ1) is 17.3. The molecule has 0 radical (unpaired) electrons. The van der Waals surface area contributed by atoms with Gasteiger partial charge in [-0.1, -0.05) is 12.8 Å². The van der Waals surface area contributed by atoms with Crippen LogP contribution in [-0.4, -0.2) is 76.6 Å². The summed E-state index contributed by atoms with van der Waals surface area (Å²) in [5, 5.41) is 14.4. The Kier molecular flexibility index (Phi) is 6.60. The van der Waals surface area contributed by atoms with Crippen LogP contribution in [0.3, 0.4) is 0 Å². The van der Waals surface area contributed by atoms with Crippen molar-refractivity contribution in [3.8, 4) is 11.4 Å². The molecule has 4 heterocycles. The molecule has 36 heavy (non-hydrogen) atoms. The number of halogens is 3. The van der Waals surface area contributed by atoms with E-state index in [4.69, 9.17) is 9.47 Å². The summed E-state index contributed by atoms with van der Waals surface area (Å²) in [6, 6.07) is 1.53. The molecule has 2 aliphatic rings. The molecule has 1 saturated carbocycles. The van der Waals surface area contributed by atoms with Gasteiger partial charge in [-0.25, -0.2) is 0 Å². The van der Waals surface area contributed by atoms with Gasteiger partial charge in [-0.3, -0.25) is 19.6 Å². The van der Waals surface area contributed by atoms with E-state index in [1.54, 1.807) is 7.11 Å². The van der Waals surface area contributed by atoms with Gasteiger partial charge in [-0.05, 0) is 24.8 Å². The van der Waals surface area contributed by atoms with E-state index < -0.39 is 18.8 Å². The molecule has 2 fully saturated rings. The SMILES string of the molecule is COC1CN(c2nn(CC(F)(F)F)c3cc(-c4[nH]ncc4NC(=O)C(OC)C4CCCC4)ncc23)C1. The van der Waals surface area contributed by atoms with Gasteiger partial charge < -0.3 is 19.7 Å². The fraction of sp³-hybridized carbons (Fsp3) is 0.565. The van der Waals surface area contributed by atoms with Crippen molar-refractivity contribution in [3.63, 3.8) is 0 Å². The van der Waals surface area contributed by atoms with Crippen LogP contribution in [-0.2, 0) is 20.8 Å². The zero-order valence-corrected chi connectivity index (χ0v) is 20.0. The van der Waals surface area contributed by atoms with E-state index in [1.807, 2.05) is 4.90 Å². The molecule has 2 N–H and O–H groups in total. The number of hydrogen-bond acceptors (Lipinski definition) is 7. The standard InChI is InChI=1S/C23H28F3N7O3/c1-35-14-10-32(11-14)21-15-8-27-16(7-18(15)33(31-21)12-23(24,25)26)19-17(9-28-30-19)29-22(34)20(36-2)13-5-3-4-6-13/h7-9,13-14,20H,3-6,10-12H2,1-2H3,(H,28,30)(H,29,34). The fourth-order valence-electron chi connectivity index (χ4n) is 5.03. The summed E-state index contributed by atoms with van der Waals surface area (Å²) in [5.74, 6) is 0.288. The number of anilines is 2. The minimum atomic E-state index is -4.45. The van der Waals surface area contributed by atoms with Crippen molar-refractivity contribution in [2.45, 2.75) is 50.6 Å². The zero-order chi connectivity index (χ0) is 25.4. The van der Waals surface area contributed by atoms with Gasteiger partial charge in [0.2, 0.25) is 0 Å². The minimum Gasteiger partial charge on any atom is -0.378 e. The lowest BCUT2D eigenvalue weighted by Gasteiger charge is -2.38. The van der Waals surface area contributed by atoms with E-state index in [2.05, 4.69) is 25.6 Å². The third-order valence-electron chi connectivity index (χ3n) is 6.92. The monoisotopic (exact) mass is 507 g/mol. The van der Waals surface area contributed by atoms with Crippen molar-refractivity contribution in [3.05, 3.63) is 18.5 Å². The number of rotatable bonds is 8. The number of fused-ring (bicyclic) bond motifs is 1. The van der Waals surface area contributed by atoms with Gasteiger partial charge in [-0.2, -0.15) is 23.4 Å². The molecule has 1 unspecified atom stereocenters. The maximum Gasteiger partial charge on any atom is 0.408 e. The van der Waals surface area contributed by atoms with E-state index >= 15 is 0 Å². The van der Waals surface area contributed by atoms with Crippen LogP contribution in [0.15, 0.2) is 18.5 Å². The van der Waals surface area contributed by atoms with Crippen molar-refractivity contribution in [1.82, 2.24) is 25.0 Å². The molecule has 1 amide bonds. The number of carbonyl (C=O) groups excluding carboxylic acids is 1. The number of aromatic amines is 1. The van der Waals surface area contributed by atoms with E-state index in [1.165, 1.54) is 25.6 Å². The Morgan fingerprint density at radius 2 is 2.00 bits per heavy atom. The van der Waals surface area contributed by atoms with Crippen LogP contribution in [0.1, 0.15) is 25.7 Å². The fourth-order valence-corrected chi connectivity index (χ4v) is 5.03. The van der Waals surface area contributed by atoms with Crippen LogP contribution < -0.4 is 10.2 Å². The van der Waals surface area contributed by atoms with Crippen LogP contribution in [0.4, 0.5) is 24.7 Å². The highest BCUT2D eigenvalue weighted by Gasteiger charge is 2.34. The Morgan fingerprint density at radius 3 is 2.67 bits per heavy atom. The molecule has 0 bridgehead atoms. The number of amides is 1. The van der Waals surface area contributed by atoms with E-state index in [0.717, 1.165) is 30.4 Å². The Morgan fingerprint density at radius 1 is 1.25 bits per heavy atom. The maximum atomic E-state index is 13.3. The number of nitrogens with one attached hydrogen (secondary N) is 2. The van der Waals surface area contributed by atoms with E-state index in [9.17, 15) is 18.0 Å². The van der Waals surface area contributed by atoms with Gasteiger partial charge in [0.1, 0.15) is 18.3 Å². The maximum absolute atomic E-state index is 13.3. The van der Waals surface area contributed by atoms with E-state index in [-0.39, 0.29) is 23.4 Å². The molecular weight excluding hydrogens is 479 g/mol. The summed E-state index contributed by atoms with van der Waals surface area (Å²) in [6.45, 7) is -0.165. The van der Waals surface area contributed by atoms with Gasteiger partial charge in [0.15, 0.2) is 5.82 Å². The molecule has 0 spiro atoms. The Labute approximate surface area is 205 Å². The van der Waals surface area contributed by atoms with Crippen LogP contribution >= 0.6 is 0 Å². The van der Waals surface area contributed by atoms with Gasteiger partial charge in [0, 0.05) is 33.5 Å². The normalized spacial score (nSPS) is 18.1. The topological polar surface area (TPSA) is 110 Å². The number of pyridine rings is 1. The number of hydrogen-bond donors (Lipinski definition) is 2. The van der Waals surface area contributed by atoms with Crippen molar-refractivity contribution >= 4 is 28.3 Å². The predicted octanol–water partition coefficient (Wildman–Crippen LogP) is 3.36. The molecular formula is C23H28F3N7O3. The lowest BCUT2D eigenvalue weighted by Crippen LogP contribution is -2.52. The summed E-state index contributed by atoms with van der Waals surface area (Å²) < 4.78 is 51.7. The van der Waals surface area contributed by atoms with Gasteiger partial charge >= 0.3 is 6.18 Å². The molecule has 3 aromatic heterocycles. The first-order valence-corrected chi connectivity index (χ1v) is 11.9. The van der Waals surface area contributed by atoms with Gasteiger partial charge in [0.05, 0.1) is 34.6 Å². The summed E-state index contributed by atoms with van der Waals surface area (Å²) in [6.07, 6.45) is 1.90. The second-order valence-corrected chi connectivity index (χ2v) is 9.29. The largest absolute Gasteiger partial charge is 0.408 e. The van der Waals surface area contributed by atoms with Gasteiger partial charge in [-0.15, -0.1) is 0 Å². The molecule has 1 aliphatic carbocycles. The first kappa shape index (κ1) is 24.5. The molecule has 13 heteroatoms. The lowest BCUT2D eigenvalue weighted by molar-refractivity contribution is -0.141. The molecule has 3 aromatic rings. The number of nitrogens with zero attached hydrogens (tertiary/aromatic N) is 5. The Hall–Kier alpha value is -3.19. The average molecular weight is 508 g/mol. The molecule has 194 valence electrons. The molecule has 1 atom stereocenters. The summed E-state index contributed by atoms with van der Waals surface area (Å²) >= 11 is 0. The molecule has 10 nitrogen and oxygen atoms in total. The first-order valence-electron chi connectivity index (χ1n) is 11.9. The number of alkyl halides is 3. The number of aromatic nitrogens is 5. The van der Waals surface area contributed by atoms with Crippen LogP contribution in [0.2, 0.25) is 0 Å². The third-order valence-corrected chi connectivity index (χ3v) is 6.92. The average Bonchev–Trinajstić information content (AvgIpc) is 3.54. The van der Waals surface area contributed by atoms with Gasteiger partial charge in [0.25, 0.3) is 5.91 Å². The molecule has 1 saturated heterocycles. The Balaban J connectivity index is 1.45. The van der Waals surface area contributed by atoms with Crippen molar-refractivity contribution < 1.29 is 27.4 Å². The zero-order valence-electron chi connectivity index (χ0n) is 20.0.